The molecule has 1 aromatic carbocycles. The van der Waals surface area contributed by atoms with Crippen LogP contribution in [0, 0.1) is 0 Å². The number of pyridine rings is 1. The number of amides is 1. The van der Waals surface area contributed by atoms with Gasteiger partial charge in [0.15, 0.2) is 5.75 Å². The van der Waals surface area contributed by atoms with E-state index in [-0.39, 0.29) is 5.91 Å². The highest BCUT2D eigenvalue weighted by Gasteiger charge is 2.27. The molecule has 0 N–H and O–H groups in total. The van der Waals surface area contributed by atoms with Gasteiger partial charge in [-0.3, -0.25) is 9.78 Å². The molecular formula is C19H18N2O2. The molecule has 2 aliphatic heterocycles. The third-order valence-corrected chi connectivity index (χ3v) is 4.55. The Bertz CT molecular complexity index is 753. The van der Waals surface area contributed by atoms with Gasteiger partial charge in [0.2, 0.25) is 5.91 Å². The minimum absolute atomic E-state index is 0.153. The number of rotatable bonds is 0. The molecule has 1 amide bonds. The van der Waals surface area contributed by atoms with Crippen molar-refractivity contribution in [1.29, 1.82) is 0 Å². The normalized spacial score (nSPS) is 16.5. The van der Waals surface area contributed by atoms with Crippen molar-refractivity contribution in [3.05, 3.63) is 59.4 Å². The second-order valence-electron chi connectivity index (χ2n) is 5.93. The predicted octanol–water partition coefficient (Wildman–Crippen LogP) is 3.63. The van der Waals surface area contributed by atoms with E-state index in [4.69, 9.17) is 4.74 Å². The molecule has 4 heteroatoms. The highest BCUT2D eigenvalue weighted by Crippen LogP contribution is 2.45. The molecule has 0 saturated carbocycles. The molecule has 23 heavy (non-hydrogen) atoms. The van der Waals surface area contributed by atoms with Crippen molar-refractivity contribution in [3.8, 4) is 11.5 Å². The summed E-state index contributed by atoms with van der Waals surface area (Å²) in [5.41, 5.74) is 4.56. The first-order valence-electron chi connectivity index (χ1n) is 7.94. The lowest BCUT2D eigenvalue weighted by Gasteiger charge is -2.31. The van der Waals surface area contributed by atoms with Gasteiger partial charge in [0.1, 0.15) is 11.4 Å². The number of likely N-dealkylation sites (tertiary alicyclic amines) is 1. The van der Waals surface area contributed by atoms with Gasteiger partial charge in [0.25, 0.3) is 0 Å². The lowest BCUT2D eigenvalue weighted by atomic mass is 9.88. The summed E-state index contributed by atoms with van der Waals surface area (Å²) < 4.78 is 6.00. The van der Waals surface area contributed by atoms with Gasteiger partial charge in [-0.05, 0) is 31.0 Å². The van der Waals surface area contributed by atoms with Crippen LogP contribution in [0.1, 0.15) is 31.0 Å². The highest BCUT2D eigenvalue weighted by atomic mass is 16.5. The summed E-state index contributed by atoms with van der Waals surface area (Å²) in [6.07, 6.45) is 3.58. The summed E-state index contributed by atoms with van der Waals surface area (Å²) in [5, 5.41) is 0. The number of nitrogens with zero attached hydrogens (tertiary/aromatic N) is 2. The van der Waals surface area contributed by atoms with Crippen LogP contribution in [-0.4, -0.2) is 28.9 Å². The summed E-state index contributed by atoms with van der Waals surface area (Å²) in [4.78, 5) is 18.0. The van der Waals surface area contributed by atoms with Crippen molar-refractivity contribution < 1.29 is 9.53 Å². The third-order valence-electron chi connectivity index (χ3n) is 4.55. The molecule has 1 fully saturated rings. The Hall–Kier alpha value is -2.62. The van der Waals surface area contributed by atoms with Gasteiger partial charge in [0.05, 0.1) is 0 Å². The predicted molar refractivity (Wildman–Crippen MR) is 88.3 cm³/mol. The molecule has 0 radical (unpaired) electrons. The molecule has 3 heterocycles. The molecule has 2 aromatic rings. The summed E-state index contributed by atoms with van der Waals surface area (Å²) >= 11 is 0. The van der Waals surface area contributed by atoms with E-state index in [2.05, 4.69) is 11.1 Å². The number of hydrogen-bond acceptors (Lipinski definition) is 3. The Morgan fingerprint density at radius 3 is 2.61 bits per heavy atom. The zero-order valence-electron chi connectivity index (χ0n) is 13.1. The average Bonchev–Trinajstić information content (AvgIpc) is 2.59. The number of para-hydroxylation sites is 1. The number of piperidine rings is 1. The van der Waals surface area contributed by atoms with Crippen LogP contribution >= 0.6 is 0 Å². The first-order chi connectivity index (χ1) is 11.2. The van der Waals surface area contributed by atoms with Gasteiger partial charge >= 0.3 is 0 Å². The smallest absolute Gasteiger partial charge is 0.219 e. The molecule has 2 aliphatic rings. The zero-order chi connectivity index (χ0) is 15.8. The first-order valence-corrected chi connectivity index (χ1v) is 7.94. The summed E-state index contributed by atoms with van der Waals surface area (Å²) in [7, 11) is 0. The maximum atomic E-state index is 11.6. The fourth-order valence-corrected chi connectivity index (χ4v) is 3.37. The van der Waals surface area contributed by atoms with E-state index < -0.39 is 0 Å². The summed E-state index contributed by atoms with van der Waals surface area (Å²) in [5.74, 6) is 1.84. The minimum atomic E-state index is 0.153. The summed E-state index contributed by atoms with van der Waals surface area (Å²) in [6, 6.07) is 12.0. The van der Waals surface area contributed by atoms with Crippen molar-refractivity contribution in [2.24, 2.45) is 0 Å². The van der Waals surface area contributed by atoms with Crippen LogP contribution in [0.5, 0.6) is 11.5 Å². The fourth-order valence-electron chi connectivity index (χ4n) is 3.37. The number of carbonyl (C=O) groups excluding carboxylic acids is 1. The maximum Gasteiger partial charge on any atom is 0.219 e. The number of ether oxygens (including phenoxy) is 1. The number of aromatic nitrogens is 1. The van der Waals surface area contributed by atoms with Gasteiger partial charge in [-0.25, -0.2) is 0 Å². The largest absolute Gasteiger partial charge is 0.454 e. The molecule has 0 aliphatic carbocycles. The Labute approximate surface area is 135 Å². The van der Waals surface area contributed by atoms with E-state index >= 15 is 0 Å². The molecule has 4 nitrogen and oxygen atoms in total. The maximum absolute atomic E-state index is 11.6. The Kier molecular flexibility index (Phi) is 3.37. The number of carbonyl (C=O) groups is 1. The second kappa shape index (κ2) is 5.54. The standard InChI is InChI=1S/C19H18N2O2/c1-13(22)21-11-8-14(9-12-21)18-15-5-2-3-6-16(15)23-17-7-4-10-20-19(17)18/h2-7,10H,8-9,11-12H2,1H3. The van der Waals surface area contributed by atoms with E-state index in [0.717, 1.165) is 48.7 Å². The van der Waals surface area contributed by atoms with Crippen LogP contribution in [0.25, 0.3) is 5.57 Å². The molecule has 4 rings (SSSR count). The van der Waals surface area contributed by atoms with Crippen molar-refractivity contribution in [2.75, 3.05) is 13.1 Å². The molecule has 0 spiro atoms. The Balaban J connectivity index is 1.82. The van der Waals surface area contributed by atoms with E-state index in [1.54, 1.807) is 13.1 Å². The molecule has 116 valence electrons. The lowest BCUT2D eigenvalue weighted by Crippen LogP contribution is -2.34. The van der Waals surface area contributed by atoms with Crippen molar-refractivity contribution in [3.63, 3.8) is 0 Å². The highest BCUT2D eigenvalue weighted by molar-refractivity contribution is 5.88. The van der Waals surface area contributed by atoms with E-state index in [1.807, 2.05) is 35.2 Å². The quantitative estimate of drug-likeness (QED) is 0.637. The average molecular weight is 306 g/mol. The number of fused-ring (bicyclic) bond motifs is 2. The second-order valence-corrected chi connectivity index (χ2v) is 5.93. The number of hydrogen-bond donors (Lipinski definition) is 0. The summed E-state index contributed by atoms with van der Waals surface area (Å²) in [6.45, 7) is 3.19. The third kappa shape index (κ3) is 2.40. The van der Waals surface area contributed by atoms with Gasteiger partial charge in [-0.1, -0.05) is 23.8 Å². The van der Waals surface area contributed by atoms with Gasteiger partial charge in [0, 0.05) is 37.3 Å². The molecular weight excluding hydrogens is 288 g/mol. The van der Waals surface area contributed by atoms with E-state index in [9.17, 15) is 4.79 Å². The molecule has 0 bridgehead atoms. The SMILES string of the molecule is CC(=O)N1CCC(=C2c3ccccc3Oc3cccnc32)CC1. The Morgan fingerprint density at radius 2 is 1.83 bits per heavy atom. The van der Waals surface area contributed by atoms with Crippen LogP contribution in [0.2, 0.25) is 0 Å². The van der Waals surface area contributed by atoms with Crippen LogP contribution < -0.4 is 4.74 Å². The van der Waals surface area contributed by atoms with Crippen LogP contribution in [0.3, 0.4) is 0 Å². The van der Waals surface area contributed by atoms with E-state index in [1.165, 1.54) is 11.1 Å². The van der Waals surface area contributed by atoms with Gasteiger partial charge in [-0.15, -0.1) is 0 Å². The van der Waals surface area contributed by atoms with Crippen molar-refractivity contribution in [2.45, 2.75) is 19.8 Å². The Morgan fingerprint density at radius 1 is 1.09 bits per heavy atom. The monoisotopic (exact) mass is 306 g/mol. The molecule has 1 saturated heterocycles. The topological polar surface area (TPSA) is 42.4 Å². The van der Waals surface area contributed by atoms with Crippen molar-refractivity contribution in [1.82, 2.24) is 9.88 Å². The molecule has 0 unspecified atom stereocenters. The van der Waals surface area contributed by atoms with Gasteiger partial charge < -0.3 is 9.64 Å². The van der Waals surface area contributed by atoms with E-state index in [0.29, 0.717) is 0 Å². The lowest BCUT2D eigenvalue weighted by molar-refractivity contribution is -0.129. The first kappa shape index (κ1) is 14.0. The zero-order valence-corrected chi connectivity index (χ0v) is 13.1. The molecule has 1 aromatic heterocycles. The van der Waals surface area contributed by atoms with Crippen molar-refractivity contribution >= 4 is 11.5 Å². The van der Waals surface area contributed by atoms with Crippen LogP contribution in [0.15, 0.2) is 48.2 Å². The van der Waals surface area contributed by atoms with Crippen LogP contribution in [0.4, 0.5) is 0 Å². The fraction of sp³-hybridized carbons (Fsp3) is 0.263. The number of benzene rings is 1. The van der Waals surface area contributed by atoms with Crippen LogP contribution in [-0.2, 0) is 4.79 Å². The minimum Gasteiger partial charge on any atom is -0.454 e. The van der Waals surface area contributed by atoms with Gasteiger partial charge in [-0.2, -0.15) is 0 Å². The molecule has 0 atom stereocenters.